The number of esters is 1. The molecule has 0 aliphatic carbocycles. The molecule has 0 saturated heterocycles. The minimum atomic E-state index is -0.643. The predicted molar refractivity (Wildman–Crippen MR) is 101 cm³/mol. The average Bonchev–Trinajstić information content (AvgIpc) is 3.13. The number of hydrogen-bond acceptors (Lipinski definition) is 6. The van der Waals surface area contributed by atoms with Gasteiger partial charge in [-0.1, -0.05) is 17.3 Å². The second kappa shape index (κ2) is 7.10. The van der Waals surface area contributed by atoms with Crippen LogP contribution >= 0.6 is 0 Å². The van der Waals surface area contributed by atoms with Crippen molar-refractivity contribution >= 4 is 40.2 Å². The van der Waals surface area contributed by atoms with E-state index in [9.17, 15) is 14.4 Å². The molecule has 9 nitrogen and oxygen atoms in total. The van der Waals surface area contributed by atoms with Crippen LogP contribution in [0.2, 0.25) is 0 Å². The molecule has 0 fully saturated rings. The molecule has 0 saturated carbocycles. The molecule has 0 spiro atoms. The molecule has 1 aliphatic rings. The van der Waals surface area contributed by atoms with Crippen LogP contribution in [0.1, 0.15) is 17.3 Å². The number of aromatic nitrogens is 3. The number of fused-ring (bicyclic) bond motifs is 2. The molecule has 0 unspecified atom stereocenters. The Balaban J connectivity index is 1.46. The highest BCUT2D eigenvalue weighted by Gasteiger charge is 2.27. The highest BCUT2D eigenvalue weighted by molar-refractivity contribution is 6.10. The maximum absolute atomic E-state index is 12.5. The van der Waals surface area contributed by atoms with Gasteiger partial charge in [0.05, 0.1) is 22.5 Å². The molecule has 1 N–H and O–H groups in total. The van der Waals surface area contributed by atoms with Gasteiger partial charge in [-0.3, -0.25) is 14.5 Å². The highest BCUT2D eigenvalue weighted by Crippen LogP contribution is 2.28. The van der Waals surface area contributed by atoms with Crippen LogP contribution in [0.25, 0.3) is 11.0 Å². The summed E-state index contributed by atoms with van der Waals surface area (Å²) in [6, 6.07) is 11.9. The number of anilines is 2. The number of nitrogens with one attached hydrogen (secondary N) is 1. The third-order valence-electron chi connectivity index (χ3n) is 4.45. The van der Waals surface area contributed by atoms with E-state index in [2.05, 4.69) is 15.6 Å². The molecule has 0 atom stereocenters. The molecular formula is C19H17N5O4. The molecule has 9 heteroatoms. The summed E-state index contributed by atoms with van der Waals surface area (Å²) in [5.74, 6) is -1.42. The highest BCUT2D eigenvalue weighted by atomic mass is 16.5. The SMILES string of the molecule is CCn1nnc2cc(C(=O)OCC(=O)N3CC(=O)Nc4ccccc43)ccc21. The molecule has 1 aromatic heterocycles. The number of nitrogens with zero attached hydrogens (tertiary/aromatic N) is 4. The van der Waals surface area contributed by atoms with Crippen LogP contribution in [-0.2, 0) is 20.9 Å². The molecule has 1 aliphatic heterocycles. The molecule has 142 valence electrons. The summed E-state index contributed by atoms with van der Waals surface area (Å²) in [5, 5.41) is 10.7. The quantitative estimate of drug-likeness (QED) is 0.690. The monoisotopic (exact) mass is 379 g/mol. The van der Waals surface area contributed by atoms with Crippen molar-refractivity contribution < 1.29 is 19.1 Å². The van der Waals surface area contributed by atoms with Crippen LogP contribution in [-0.4, -0.2) is 45.9 Å². The average molecular weight is 379 g/mol. The van der Waals surface area contributed by atoms with Crippen molar-refractivity contribution in [1.29, 1.82) is 0 Å². The van der Waals surface area contributed by atoms with E-state index in [1.54, 1.807) is 47.1 Å². The summed E-state index contributed by atoms with van der Waals surface area (Å²) < 4.78 is 6.87. The van der Waals surface area contributed by atoms with Gasteiger partial charge in [-0.25, -0.2) is 9.48 Å². The van der Waals surface area contributed by atoms with E-state index >= 15 is 0 Å². The Kier molecular flexibility index (Phi) is 4.48. The van der Waals surface area contributed by atoms with Gasteiger partial charge in [0.2, 0.25) is 5.91 Å². The van der Waals surface area contributed by atoms with Crippen LogP contribution in [0.5, 0.6) is 0 Å². The van der Waals surface area contributed by atoms with Crippen LogP contribution in [0.15, 0.2) is 42.5 Å². The molecule has 28 heavy (non-hydrogen) atoms. The van der Waals surface area contributed by atoms with E-state index in [4.69, 9.17) is 4.74 Å². The number of amides is 2. The Morgan fingerprint density at radius 2 is 2.04 bits per heavy atom. The van der Waals surface area contributed by atoms with Gasteiger partial charge in [-0.2, -0.15) is 0 Å². The largest absolute Gasteiger partial charge is 0.452 e. The van der Waals surface area contributed by atoms with Crippen LogP contribution in [0, 0.1) is 0 Å². The molecule has 0 radical (unpaired) electrons. The lowest BCUT2D eigenvalue weighted by atomic mass is 10.2. The Hall–Kier alpha value is -3.75. The van der Waals surface area contributed by atoms with Gasteiger partial charge in [0.15, 0.2) is 6.61 Å². The molecule has 0 bridgehead atoms. The van der Waals surface area contributed by atoms with Gasteiger partial charge in [0.1, 0.15) is 12.1 Å². The van der Waals surface area contributed by atoms with E-state index in [0.29, 0.717) is 23.4 Å². The van der Waals surface area contributed by atoms with Gasteiger partial charge < -0.3 is 10.1 Å². The topological polar surface area (TPSA) is 106 Å². The Labute approximate surface area is 159 Å². The number of benzene rings is 2. The van der Waals surface area contributed by atoms with Crippen LogP contribution in [0.3, 0.4) is 0 Å². The zero-order valence-corrected chi connectivity index (χ0v) is 15.1. The number of para-hydroxylation sites is 2. The van der Waals surface area contributed by atoms with E-state index < -0.39 is 18.5 Å². The zero-order valence-electron chi connectivity index (χ0n) is 15.1. The van der Waals surface area contributed by atoms with Crippen LogP contribution < -0.4 is 10.2 Å². The summed E-state index contributed by atoms with van der Waals surface area (Å²) in [4.78, 5) is 38.0. The molecule has 2 aromatic carbocycles. The fourth-order valence-corrected chi connectivity index (χ4v) is 3.08. The fraction of sp³-hybridized carbons (Fsp3) is 0.211. The first kappa shape index (κ1) is 17.7. The summed E-state index contributed by atoms with van der Waals surface area (Å²) in [6.45, 7) is 2.01. The molecule has 2 heterocycles. The maximum atomic E-state index is 12.5. The lowest BCUT2D eigenvalue weighted by molar-refractivity contribution is -0.124. The third-order valence-corrected chi connectivity index (χ3v) is 4.45. The second-order valence-corrected chi connectivity index (χ2v) is 6.23. The number of aryl methyl sites for hydroxylation is 1. The van der Waals surface area contributed by atoms with E-state index in [-0.39, 0.29) is 18.0 Å². The summed E-state index contributed by atoms with van der Waals surface area (Å²) >= 11 is 0. The van der Waals surface area contributed by atoms with Gasteiger partial charge >= 0.3 is 5.97 Å². The predicted octanol–water partition coefficient (Wildman–Crippen LogP) is 1.59. The summed E-state index contributed by atoms with van der Waals surface area (Å²) in [5.41, 5.74) is 2.78. The Morgan fingerprint density at radius 3 is 2.86 bits per heavy atom. The Bertz CT molecular complexity index is 1090. The van der Waals surface area contributed by atoms with Gasteiger partial charge in [-0.15, -0.1) is 5.10 Å². The zero-order chi connectivity index (χ0) is 19.7. The number of hydrogen-bond donors (Lipinski definition) is 1. The first-order valence-electron chi connectivity index (χ1n) is 8.76. The first-order chi connectivity index (χ1) is 13.6. The van der Waals surface area contributed by atoms with E-state index in [0.717, 1.165) is 5.52 Å². The van der Waals surface area contributed by atoms with E-state index in [1.165, 1.54) is 4.90 Å². The van der Waals surface area contributed by atoms with Crippen molar-refractivity contribution in [1.82, 2.24) is 15.0 Å². The summed E-state index contributed by atoms with van der Waals surface area (Å²) in [7, 11) is 0. The molecule has 3 aromatic rings. The number of rotatable bonds is 4. The number of carbonyl (C=O) groups excluding carboxylic acids is 3. The van der Waals surface area contributed by atoms with Crippen molar-refractivity contribution in [2.24, 2.45) is 0 Å². The minimum Gasteiger partial charge on any atom is -0.452 e. The standard InChI is InChI=1S/C19H17N5O4/c1-2-24-16-8-7-12(9-14(16)21-22-24)19(27)28-11-18(26)23-10-17(25)20-13-5-3-4-6-15(13)23/h3-9H,2,10-11H2,1H3,(H,20,25). The second-order valence-electron chi connectivity index (χ2n) is 6.23. The molecule has 4 rings (SSSR count). The summed E-state index contributed by atoms with van der Waals surface area (Å²) in [6.07, 6.45) is 0. The van der Waals surface area contributed by atoms with Crippen molar-refractivity contribution in [3.05, 3.63) is 48.0 Å². The van der Waals surface area contributed by atoms with E-state index in [1.807, 2.05) is 6.92 Å². The number of carbonyl (C=O) groups is 3. The lowest BCUT2D eigenvalue weighted by Crippen LogP contribution is -2.44. The van der Waals surface area contributed by atoms with Gasteiger partial charge in [0.25, 0.3) is 5.91 Å². The maximum Gasteiger partial charge on any atom is 0.338 e. The van der Waals surface area contributed by atoms with Crippen molar-refractivity contribution in [3.8, 4) is 0 Å². The van der Waals surface area contributed by atoms with Crippen molar-refractivity contribution in [2.75, 3.05) is 23.4 Å². The lowest BCUT2D eigenvalue weighted by Gasteiger charge is -2.28. The normalized spacial score (nSPS) is 13.2. The smallest absolute Gasteiger partial charge is 0.338 e. The fourth-order valence-electron chi connectivity index (χ4n) is 3.08. The van der Waals surface area contributed by atoms with Gasteiger partial charge in [0, 0.05) is 6.54 Å². The Morgan fingerprint density at radius 1 is 1.21 bits per heavy atom. The van der Waals surface area contributed by atoms with Crippen LogP contribution in [0.4, 0.5) is 11.4 Å². The third kappa shape index (κ3) is 3.18. The number of ether oxygens (including phenoxy) is 1. The van der Waals surface area contributed by atoms with Crippen molar-refractivity contribution in [3.63, 3.8) is 0 Å². The first-order valence-corrected chi connectivity index (χ1v) is 8.76. The van der Waals surface area contributed by atoms with Crippen molar-refractivity contribution in [2.45, 2.75) is 13.5 Å². The molecule has 2 amide bonds. The van der Waals surface area contributed by atoms with Gasteiger partial charge in [-0.05, 0) is 37.3 Å². The minimum absolute atomic E-state index is 0.126. The molecular weight excluding hydrogens is 362 g/mol.